The Morgan fingerprint density at radius 1 is 1.29 bits per heavy atom. The molecule has 1 amide bonds. The number of ether oxygens (including phenoxy) is 1. The number of halogens is 3. The quantitative estimate of drug-likeness (QED) is 0.877. The minimum atomic E-state index is -4.88. The molecule has 0 spiro atoms. The van der Waals surface area contributed by atoms with Crippen LogP contribution in [0.1, 0.15) is 24.3 Å². The molecule has 0 bridgehead atoms. The first-order valence-corrected chi connectivity index (χ1v) is 7.46. The molecule has 2 aromatic rings. The summed E-state index contributed by atoms with van der Waals surface area (Å²) >= 11 is 0. The van der Waals surface area contributed by atoms with Gasteiger partial charge in [-0.25, -0.2) is 4.79 Å². The maximum absolute atomic E-state index is 12.7. The van der Waals surface area contributed by atoms with Crippen LogP contribution in [-0.2, 0) is 4.79 Å². The van der Waals surface area contributed by atoms with E-state index in [-0.39, 0.29) is 19.0 Å². The molecule has 0 saturated carbocycles. The maximum atomic E-state index is 12.7. The highest BCUT2D eigenvalue weighted by Gasteiger charge is 2.43. The number of carbonyl (C=O) groups excluding carboxylic acids is 1. The van der Waals surface area contributed by atoms with E-state index in [9.17, 15) is 22.8 Å². The smallest absolute Gasteiger partial charge is 0.471 e. The Morgan fingerprint density at radius 3 is 2.67 bits per heavy atom. The van der Waals surface area contributed by atoms with Crippen molar-refractivity contribution in [1.82, 2.24) is 14.9 Å². The van der Waals surface area contributed by atoms with Crippen molar-refractivity contribution in [2.75, 3.05) is 20.2 Å². The number of piperidine rings is 1. The van der Waals surface area contributed by atoms with E-state index in [0.29, 0.717) is 35.2 Å². The first-order chi connectivity index (χ1) is 11.3. The van der Waals surface area contributed by atoms with Gasteiger partial charge in [0.25, 0.3) is 0 Å². The van der Waals surface area contributed by atoms with E-state index in [1.807, 2.05) is 0 Å². The Morgan fingerprint density at radius 2 is 2.00 bits per heavy atom. The number of hydrogen-bond acceptors (Lipinski definition) is 3. The largest absolute Gasteiger partial charge is 0.494 e. The van der Waals surface area contributed by atoms with Gasteiger partial charge in [-0.05, 0) is 24.5 Å². The molecule has 130 valence electrons. The summed E-state index contributed by atoms with van der Waals surface area (Å²) in [4.78, 5) is 29.2. The number of fused-ring (bicyclic) bond motifs is 1. The zero-order valence-electron chi connectivity index (χ0n) is 12.9. The fourth-order valence-corrected chi connectivity index (χ4v) is 3.22. The van der Waals surface area contributed by atoms with Crippen molar-refractivity contribution in [3.8, 4) is 5.75 Å². The van der Waals surface area contributed by atoms with Gasteiger partial charge in [-0.15, -0.1) is 0 Å². The van der Waals surface area contributed by atoms with Crippen molar-refractivity contribution in [3.05, 3.63) is 28.2 Å². The number of H-pyrrole nitrogens is 2. The van der Waals surface area contributed by atoms with Crippen LogP contribution in [0.3, 0.4) is 0 Å². The van der Waals surface area contributed by atoms with Crippen LogP contribution in [0.5, 0.6) is 5.75 Å². The molecule has 1 aromatic carbocycles. The van der Waals surface area contributed by atoms with Crippen molar-refractivity contribution in [2.24, 2.45) is 0 Å². The predicted molar refractivity (Wildman–Crippen MR) is 80.1 cm³/mol. The standard InChI is InChI=1S/C15H16F3N3O3/c1-24-10-5-4-9(11-12(10)20-14(23)19-11)8-3-2-6-21(7-8)13(22)15(16,17)18/h4-5,8H,2-3,6-7H2,1H3,(H2,19,20,23). The lowest BCUT2D eigenvalue weighted by atomic mass is 9.89. The number of carbonyl (C=O) groups is 1. The second-order valence-corrected chi connectivity index (χ2v) is 5.77. The number of nitrogens with one attached hydrogen (secondary N) is 2. The van der Waals surface area contributed by atoms with Crippen LogP contribution >= 0.6 is 0 Å². The molecule has 1 aliphatic rings. The van der Waals surface area contributed by atoms with Crippen LogP contribution in [0.15, 0.2) is 16.9 Å². The molecule has 1 aliphatic heterocycles. The number of likely N-dealkylation sites (tertiary alicyclic amines) is 1. The molecule has 6 nitrogen and oxygen atoms in total. The lowest BCUT2D eigenvalue weighted by Gasteiger charge is -2.33. The van der Waals surface area contributed by atoms with E-state index < -0.39 is 17.8 Å². The third-order valence-corrected chi connectivity index (χ3v) is 4.29. The molecule has 1 unspecified atom stereocenters. The van der Waals surface area contributed by atoms with E-state index in [0.717, 1.165) is 4.90 Å². The maximum Gasteiger partial charge on any atom is 0.471 e. The summed E-state index contributed by atoms with van der Waals surface area (Å²) < 4.78 is 43.2. The monoisotopic (exact) mass is 343 g/mol. The molecular formula is C15H16F3N3O3. The van der Waals surface area contributed by atoms with Crippen molar-refractivity contribution in [3.63, 3.8) is 0 Å². The SMILES string of the molecule is COc1ccc(C2CCCN(C(=O)C(F)(F)F)C2)c2[nH]c(=O)[nH]c12. The van der Waals surface area contributed by atoms with Gasteiger partial charge < -0.3 is 19.6 Å². The summed E-state index contributed by atoms with van der Waals surface area (Å²) in [7, 11) is 1.46. The fourth-order valence-electron chi connectivity index (χ4n) is 3.22. The van der Waals surface area contributed by atoms with Crippen molar-refractivity contribution in [2.45, 2.75) is 24.9 Å². The number of nitrogens with zero attached hydrogens (tertiary/aromatic N) is 1. The van der Waals surface area contributed by atoms with Crippen LogP contribution in [0.25, 0.3) is 11.0 Å². The van der Waals surface area contributed by atoms with Crippen LogP contribution in [0.2, 0.25) is 0 Å². The number of alkyl halides is 3. The van der Waals surface area contributed by atoms with Gasteiger partial charge in [-0.1, -0.05) is 6.07 Å². The van der Waals surface area contributed by atoms with Crippen molar-refractivity contribution >= 4 is 16.9 Å². The second-order valence-electron chi connectivity index (χ2n) is 5.77. The molecule has 0 radical (unpaired) electrons. The molecule has 1 fully saturated rings. The second kappa shape index (κ2) is 5.88. The molecule has 9 heteroatoms. The number of aromatic amines is 2. The molecule has 24 heavy (non-hydrogen) atoms. The zero-order chi connectivity index (χ0) is 17.5. The summed E-state index contributed by atoms with van der Waals surface area (Å²) in [6, 6.07) is 3.38. The topological polar surface area (TPSA) is 78.2 Å². The average molecular weight is 343 g/mol. The fraction of sp³-hybridized carbons (Fsp3) is 0.467. The molecule has 2 N–H and O–H groups in total. The number of hydrogen-bond donors (Lipinski definition) is 2. The highest BCUT2D eigenvalue weighted by Crippen LogP contribution is 2.35. The first-order valence-electron chi connectivity index (χ1n) is 7.46. The Hall–Kier alpha value is -2.45. The first kappa shape index (κ1) is 16.4. The van der Waals surface area contributed by atoms with Gasteiger partial charge in [0.15, 0.2) is 0 Å². The summed E-state index contributed by atoms with van der Waals surface area (Å²) in [5.74, 6) is -1.64. The summed E-state index contributed by atoms with van der Waals surface area (Å²) in [5, 5.41) is 0. The van der Waals surface area contributed by atoms with Gasteiger partial charge in [0.1, 0.15) is 11.3 Å². The average Bonchev–Trinajstić information content (AvgIpc) is 2.93. The number of rotatable bonds is 2. The van der Waals surface area contributed by atoms with Gasteiger partial charge in [0, 0.05) is 19.0 Å². The van der Waals surface area contributed by atoms with E-state index in [1.54, 1.807) is 12.1 Å². The van der Waals surface area contributed by atoms with E-state index >= 15 is 0 Å². The van der Waals surface area contributed by atoms with Crippen LogP contribution < -0.4 is 10.4 Å². The molecule has 3 rings (SSSR count). The third kappa shape index (κ3) is 2.85. The Labute approximate surface area is 134 Å². The molecule has 1 atom stereocenters. The summed E-state index contributed by atoms with van der Waals surface area (Å²) in [5.41, 5.74) is 1.25. The van der Waals surface area contributed by atoms with Crippen LogP contribution in [0, 0.1) is 0 Å². The minimum Gasteiger partial charge on any atom is -0.494 e. The number of methoxy groups -OCH3 is 1. The predicted octanol–water partition coefficient (Wildman–Crippen LogP) is 2.13. The van der Waals surface area contributed by atoms with Crippen molar-refractivity contribution < 1.29 is 22.7 Å². The van der Waals surface area contributed by atoms with E-state index in [1.165, 1.54) is 7.11 Å². The van der Waals surface area contributed by atoms with Gasteiger partial charge in [-0.3, -0.25) is 4.79 Å². The van der Waals surface area contributed by atoms with Gasteiger partial charge >= 0.3 is 17.8 Å². The van der Waals surface area contributed by atoms with Crippen LogP contribution in [-0.4, -0.2) is 47.2 Å². The molecule has 1 saturated heterocycles. The normalized spacial score (nSPS) is 18.8. The van der Waals surface area contributed by atoms with E-state index in [2.05, 4.69) is 9.97 Å². The number of benzene rings is 1. The summed E-state index contributed by atoms with van der Waals surface area (Å²) in [6.45, 7) is 0.0464. The zero-order valence-corrected chi connectivity index (χ0v) is 12.9. The lowest BCUT2D eigenvalue weighted by Crippen LogP contribution is -2.45. The van der Waals surface area contributed by atoms with E-state index in [4.69, 9.17) is 4.74 Å². The van der Waals surface area contributed by atoms with Gasteiger partial charge in [0.05, 0.1) is 12.6 Å². The summed E-state index contributed by atoms with van der Waals surface area (Å²) in [6.07, 6.45) is -3.77. The number of imidazole rings is 1. The Bertz CT molecular complexity index is 825. The molecule has 1 aromatic heterocycles. The Balaban J connectivity index is 1.96. The highest BCUT2D eigenvalue weighted by molar-refractivity contribution is 5.85. The van der Waals surface area contributed by atoms with Gasteiger partial charge in [0.2, 0.25) is 0 Å². The molecule has 0 aliphatic carbocycles. The Kier molecular flexibility index (Phi) is 4.02. The minimum absolute atomic E-state index is 0.0347. The number of aromatic nitrogens is 2. The highest BCUT2D eigenvalue weighted by atomic mass is 19.4. The lowest BCUT2D eigenvalue weighted by molar-refractivity contribution is -0.186. The number of amides is 1. The molecular weight excluding hydrogens is 327 g/mol. The van der Waals surface area contributed by atoms with Crippen LogP contribution in [0.4, 0.5) is 13.2 Å². The van der Waals surface area contributed by atoms with Crippen molar-refractivity contribution in [1.29, 1.82) is 0 Å². The molecule has 2 heterocycles. The third-order valence-electron chi connectivity index (χ3n) is 4.29. The van der Waals surface area contributed by atoms with Gasteiger partial charge in [-0.2, -0.15) is 13.2 Å².